The van der Waals surface area contributed by atoms with Crippen LogP contribution in [0.3, 0.4) is 0 Å². The lowest BCUT2D eigenvalue weighted by molar-refractivity contribution is -0.148. The van der Waals surface area contributed by atoms with Crippen LogP contribution in [0.1, 0.15) is 64.3 Å². The molecule has 0 aromatic carbocycles. The number of thiazole rings is 1. The van der Waals surface area contributed by atoms with Crippen molar-refractivity contribution in [1.29, 1.82) is 0 Å². The van der Waals surface area contributed by atoms with Gasteiger partial charge in [0, 0.05) is 35.4 Å². The molecule has 1 aliphatic carbocycles. The van der Waals surface area contributed by atoms with Crippen molar-refractivity contribution < 1.29 is 27.1 Å². The molecule has 1 aliphatic heterocycles. The molecule has 0 atom stereocenters. The number of aromatic nitrogens is 3. The van der Waals surface area contributed by atoms with Crippen LogP contribution in [0.4, 0.5) is 17.6 Å². The van der Waals surface area contributed by atoms with Gasteiger partial charge in [0.05, 0.1) is 13.1 Å². The van der Waals surface area contributed by atoms with Crippen molar-refractivity contribution in [2.45, 2.75) is 71.3 Å². The zero-order valence-electron chi connectivity index (χ0n) is 19.4. The van der Waals surface area contributed by atoms with Gasteiger partial charge in [-0.25, -0.2) is 27.5 Å². The van der Waals surface area contributed by atoms with Gasteiger partial charge in [-0.2, -0.15) is 4.98 Å². The average molecular weight is 501 g/mol. The molecule has 1 saturated carbocycles. The first-order valence-corrected chi connectivity index (χ1v) is 12.2. The number of nitrogens with zero attached hydrogens (tertiary/aromatic N) is 4. The number of alkyl halides is 4. The van der Waals surface area contributed by atoms with Gasteiger partial charge in [-0.3, -0.25) is 4.79 Å². The highest BCUT2D eigenvalue weighted by molar-refractivity contribution is 7.13. The van der Waals surface area contributed by atoms with Gasteiger partial charge in [0.15, 0.2) is 10.8 Å². The number of hydrogen-bond donors (Lipinski definition) is 0. The Morgan fingerprint density at radius 2 is 1.88 bits per heavy atom. The second-order valence-electron chi connectivity index (χ2n) is 10.1. The first kappa shape index (κ1) is 24.8. The monoisotopic (exact) mass is 500 g/mol. The SMILES string of the molecule is CC(C)(C)C(=O)N1CC(Oc2cc(CC3CCC(F)(F)CC3)nc(-c3nc(C(F)F)cs3)n2)C1. The number of carbonyl (C=O) groups is 1. The van der Waals surface area contributed by atoms with Gasteiger partial charge in [0.25, 0.3) is 6.43 Å². The molecule has 0 unspecified atom stereocenters. The van der Waals surface area contributed by atoms with Crippen LogP contribution in [0.2, 0.25) is 0 Å². The maximum atomic E-state index is 13.5. The molecule has 0 bridgehead atoms. The maximum absolute atomic E-state index is 13.5. The summed E-state index contributed by atoms with van der Waals surface area (Å²) in [5, 5.41) is 1.51. The van der Waals surface area contributed by atoms with Crippen LogP contribution in [0.5, 0.6) is 5.88 Å². The van der Waals surface area contributed by atoms with Crippen LogP contribution < -0.4 is 4.74 Å². The number of likely N-dealkylation sites (tertiary alicyclic amines) is 1. The Morgan fingerprint density at radius 3 is 2.47 bits per heavy atom. The normalized spacial score (nSPS) is 19.4. The first-order valence-electron chi connectivity index (χ1n) is 11.4. The van der Waals surface area contributed by atoms with Crippen LogP contribution in [-0.4, -0.2) is 50.9 Å². The molecule has 2 aromatic heterocycles. The molecule has 34 heavy (non-hydrogen) atoms. The number of rotatable bonds is 6. The molecule has 4 rings (SSSR count). The zero-order chi connectivity index (χ0) is 24.7. The number of halogens is 4. The van der Waals surface area contributed by atoms with Crippen LogP contribution in [0.15, 0.2) is 11.4 Å². The van der Waals surface area contributed by atoms with E-state index in [1.807, 2.05) is 20.8 Å². The highest BCUT2D eigenvalue weighted by Gasteiger charge is 2.38. The van der Waals surface area contributed by atoms with E-state index in [9.17, 15) is 22.4 Å². The van der Waals surface area contributed by atoms with Crippen LogP contribution in [0.25, 0.3) is 10.8 Å². The largest absolute Gasteiger partial charge is 0.470 e. The third-order valence-electron chi connectivity index (χ3n) is 6.09. The number of ether oxygens (including phenoxy) is 1. The average Bonchev–Trinajstić information content (AvgIpc) is 3.21. The van der Waals surface area contributed by atoms with Gasteiger partial charge in [0.1, 0.15) is 11.8 Å². The smallest absolute Gasteiger partial charge is 0.281 e. The van der Waals surface area contributed by atoms with Gasteiger partial charge in [-0.15, -0.1) is 11.3 Å². The van der Waals surface area contributed by atoms with E-state index in [2.05, 4.69) is 15.0 Å². The van der Waals surface area contributed by atoms with Crippen LogP contribution >= 0.6 is 11.3 Å². The van der Waals surface area contributed by atoms with Crippen molar-refractivity contribution in [1.82, 2.24) is 19.9 Å². The molecule has 6 nitrogen and oxygen atoms in total. The van der Waals surface area contributed by atoms with Crippen molar-refractivity contribution >= 4 is 17.2 Å². The summed E-state index contributed by atoms with van der Waals surface area (Å²) in [6, 6.07) is 1.67. The molecule has 11 heteroatoms. The van der Waals surface area contributed by atoms with E-state index in [0.29, 0.717) is 38.0 Å². The summed E-state index contributed by atoms with van der Waals surface area (Å²) in [6.45, 7) is 6.42. The van der Waals surface area contributed by atoms with Gasteiger partial charge in [-0.1, -0.05) is 20.8 Å². The Morgan fingerprint density at radius 1 is 1.21 bits per heavy atom. The molecule has 0 spiro atoms. The quantitative estimate of drug-likeness (QED) is 0.487. The molecule has 0 N–H and O–H groups in total. The predicted octanol–water partition coefficient (Wildman–Crippen LogP) is 5.54. The molecule has 3 heterocycles. The zero-order valence-corrected chi connectivity index (χ0v) is 20.2. The van der Waals surface area contributed by atoms with E-state index < -0.39 is 17.8 Å². The standard InChI is InChI=1S/C23H28F4N4O2S/c1-22(2,3)21(32)31-10-15(11-31)33-17-9-14(8-13-4-6-23(26,27)7-5-13)28-19(30-17)20-29-16(12-34-20)18(24)25/h9,12-13,15,18H,4-8,10-11H2,1-3H3. The molecule has 0 radical (unpaired) electrons. The second kappa shape index (κ2) is 9.39. The Labute approximate surface area is 199 Å². The lowest BCUT2D eigenvalue weighted by Gasteiger charge is -2.41. The van der Waals surface area contributed by atoms with Crippen molar-refractivity contribution in [3.05, 3.63) is 22.8 Å². The molecule has 186 valence electrons. The Bertz CT molecular complexity index is 1020. The number of amides is 1. The van der Waals surface area contributed by atoms with E-state index in [1.54, 1.807) is 11.0 Å². The van der Waals surface area contributed by atoms with Crippen molar-refractivity contribution in [2.75, 3.05) is 13.1 Å². The number of hydrogen-bond acceptors (Lipinski definition) is 6. The molecular weight excluding hydrogens is 472 g/mol. The summed E-state index contributed by atoms with van der Waals surface area (Å²) in [5.74, 6) is -2.09. The predicted molar refractivity (Wildman–Crippen MR) is 119 cm³/mol. The van der Waals surface area contributed by atoms with E-state index in [0.717, 1.165) is 11.3 Å². The summed E-state index contributed by atoms with van der Waals surface area (Å²) in [4.78, 5) is 26.9. The Hall–Kier alpha value is -2.30. The fraction of sp³-hybridized carbons (Fsp3) is 0.652. The van der Waals surface area contributed by atoms with Crippen molar-refractivity contribution in [3.63, 3.8) is 0 Å². The maximum Gasteiger partial charge on any atom is 0.281 e. The fourth-order valence-corrected chi connectivity index (χ4v) is 4.89. The minimum atomic E-state index is -2.70. The summed E-state index contributed by atoms with van der Waals surface area (Å²) >= 11 is 1.02. The molecule has 1 amide bonds. The van der Waals surface area contributed by atoms with Crippen molar-refractivity contribution in [2.24, 2.45) is 11.3 Å². The third kappa shape index (κ3) is 5.84. The summed E-state index contributed by atoms with van der Waals surface area (Å²) < 4.78 is 59.1. The topological polar surface area (TPSA) is 68.2 Å². The first-order chi connectivity index (χ1) is 15.9. The molecular formula is C23H28F4N4O2S. The highest BCUT2D eigenvalue weighted by Crippen LogP contribution is 2.38. The van der Waals surface area contributed by atoms with Gasteiger partial charge < -0.3 is 9.64 Å². The fourth-order valence-electron chi connectivity index (χ4n) is 4.15. The second-order valence-corrected chi connectivity index (χ2v) is 11.0. The van der Waals surface area contributed by atoms with E-state index >= 15 is 0 Å². The Kier molecular flexibility index (Phi) is 6.85. The number of carbonyl (C=O) groups excluding carboxylic acids is 1. The van der Waals surface area contributed by atoms with E-state index in [-0.39, 0.29) is 53.2 Å². The molecule has 1 saturated heterocycles. The van der Waals surface area contributed by atoms with Crippen LogP contribution in [-0.2, 0) is 11.2 Å². The van der Waals surface area contributed by atoms with Gasteiger partial charge in [0.2, 0.25) is 17.7 Å². The highest BCUT2D eigenvalue weighted by atomic mass is 32.1. The van der Waals surface area contributed by atoms with Gasteiger partial charge >= 0.3 is 0 Å². The van der Waals surface area contributed by atoms with Crippen LogP contribution in [0, 0.1) is 11.3 Å². The van der Waals surface area contributed by atoms with Gasteiger partial charge in [-0.05, 0) is 25.2 Å². The summed E-state index contributed by atoms with van der Waals surface area (Å²) in [5.41, 5.74) is -0.225. The minimum absolute atomic E-state index is 0.0350. The molecule has 2 aromatic rings. The molecule has 2 aliphatic rings. The Balaban J connectivity index is 1.51. The third-order valence-corrected chi connectivity index (χ3v) is 6.95. The summed E-state index contributed by atoms with van der Waals surface area (Å²) in [6.07, 6.45) is -2.00. The molecule has 2 fully saturated rings. The van der Waals surface area contributed by atoms with Crippen molar-refractivity contribution in [3.8, 4) is 16.7 Å². The van der Waals surface area contributed by atoms with E-state index in [4.69, 9.17) is 4.74 Å². The lowest BCUT2D eigenvalue weighted by Crippen LogP contribution is -2.58. The minimum Gasteiger partial charge on any atom is -0.470 e. The summed E-state index contributed by atoms with van der Waals surface area (Å²) in [7, 11) is 0. The van der Waals surface area contributed by atoms with E-state index in [1.165, 1.54) is 5.38 Å². The lowest BCUT2D eigenvalue weighted by atomic mass is 9.84.